The van der Waals surface area contributed by atoms with Crippen LogP contribution in [0.4, 0.5) is 0 Å². The molecule has 0 saturated carbocycles. The minimum Gasteiger partial charge on any atom is -0.494 e. The van der Waals surface area contributed by atoms with Gasteiger partial charge in [0, 0.05) is 42.7 Å². The van der Waals surface area contributed by atoms with Crippen LogP contribution in [-0.4, -0.2) is 90.3 Å². The lowest BCUT2D eigenvalue weighted by Gasteiger charge is -2.34. The number of pyridine rings is 2. The van der Waals surface area contributed by atoms with Gasteiger partial charge in [-0.05, 0) is 25.4 Å². The van der Waals surface area contributed by atoms with Crippen LogP contribution in [-0.2, 0) is 4.79 Å². The number of ether oxygens (including phenoxy) is 1. The number of aryl methyl sites for hydroxylation is 1. The Morgan fingerprint density at radius 2 is 1.92 bits per heavy atom. The Hall–Kier alpha value is -4.61. The normalized spacial score (nSPS) is 18.1. The van der Waals surface area contributed by atoms with Gasteiger partial charge in [-0.15, -0.1) is 0 Å². The molecule has 0 aliphatic carbocycles. The Bertz CT molecular complexity index is 1840. The molecular formula is C24H24N8O4. The molecule has 12 nitrogen and oxygen atoms in total. The lowest BCUT2D eigenvalue weighted by molar-refractivity contribution is -0.127. The predicted molar refractivity (Wildman–Crippen MR) is 128 cm³/mol. The van der Waals surface area contributed by atoms with E-state index in [4.69, 9.17) is 17.1 Å². The number of carbonyl (C=O) groups excluding carboxylic acids is 3. The summed E-state index contributed by atoms with van der Waals surface area (Å²) in [4.78, 5) is 56.9. The Kier molecular flexibility index (Phi) is 3.76. The molecule has 0 aromatic carbocycles. The van der Waals surface area contributed by atoms with E-state index in [2.05, 4.69) is 25.0 Å². The van der Waals surface area contributed by atoms with Gasteiger partial charge < -0.3 is 19.5 Å². The smallest absolute Gasteiger partial charge is 0.295 e. The summed E-state index contributed by atoms with van der Waals surface area (Å²) in [6.45, 7) is -1.35. The van der Waals surface area contributed by atoms with E-state index in [-0.39, 0.29) is 77.7 Å². The summed E-state index contributed by atoms with van der Waals surface area (Å²) in [5.74, 6) is -3.54. The van der Waals surface area contributed by atoms with Crippen LogP contribution in [0, 0.1) is 13.8 Å². The molecule has 0 spiro atoms. The molecule has 4 aromatic heterocycles. The van der Waals surface area contributed by atoms with Crippen LogP contribution in [0.5, 0.6) is 5.75 Å². The maximum atomic E-state index is 13.5. The summed E-state index contributed by atoms with van der Waals surface area (Å²) >= 11 is 0. The van der Waals surface area contributed by atoms with Gasteiger partial charge in [0.15, 0.2) is 5.82 Å². The lowest BCUT2D eigenvalue weighted by atomic mass is 10.1. The van der Waals surface area contributed by atoms with E-state index in [1.807, 2.05) is 0 Å². The van der Waals surface area contributed by atoms with Gasteiger partial charge in [-0.3, -0.25) is 19.4 Å². The number of ketones is 1. The number of rotatable bonds is 5. The SMILES string of the molecule is [2H]c1nc(C(=O)N2CCN(C(=O)C(=O)c3c[nH]c4c(-n5cnc(C([2H])([2H])[2H])n5)ncc(OC([2H])([2H])[2H])c34)CC2)c([2H])c([2H])c1C. The fraction of sp³-hybridized carbons (Fsp3) is 0.292. The maximum Gasteiger partial charge on any atom is 0.295 e. The van der Waals surface area contributed by atoms with Crippen molar-refractivity contribution in [2.45, 2.75) is 13.8 Å². The average Bonchev–Trinajstić information content (AvgIpc) is 3.65. The molecule has 1 aliphatic rings. The molecule has 5 heterocycles. The molecule has 4 aromatic rings. The molecule has 5 rings (SSSR count). The number of aromatic nitrogens is 6. The van der Waals surface area contributed by atoms with E-state index in [0.29, 0.717) is 0 Å². The Morgan fingerprint density at radius 3 is 2.67 bits per heavy atom. The number of carbonyl (C=O) groups is 3. The van der Waals surface area contributed by atoms with Crippen LogP contribution in [0.1, 0.15) is 44.6 Å². The summed E-state index contributed by atoms with van der Waals surface area (Å²) in [5, 5.41) is 3.80. The van der Waals surface area contributed by atoms with Crippen LogP contribution >= 0.6 is 0 Å². The van der Waals surface area contributed by atoms with Crippen LogP contribution in [0.3, 0.4) is 0 Å². The highest BCUT2D eigenvalue weighted by Crippen LogP contribution is 2.31. The van der Waals surface area contributed by atoms with E-state index < -0.39 is 43.4 Å². The van der Waals surface area contributed by atoms with Gasteiger partial charge in [0.1, 0.15) is 23.6 Å². The monoisotopic (exact) mass is 497 g/mol. The molecule has 184 valence electrons. The van der Waals surface area contributed by atoms with Crippen molar-refractivity contribution in [2.24, 2.45) is 0 Å². The van der Waals surface area contributed by atoms with Crippen molar-refractivity contribution in [1.82, 2.24) is 39.5 Å². The molecule has 1 saturated heterocycles. The first-order chi connectivity index (χ1) is 21.0. The number of Topliss-reactive ketones (excluding diaryl/α,β-unsaturated/α-hetero) is 1. The third-order valence-electron chi connectivity index (χ3n) is 5.67. The summed E-state index contributed by atoms with van der Waals surface area (Å²) in [7, 11) is -2.95. The predicted octanol–water partition coefficient (Wildman–Crippen LogP) is 1.33. The van der Waals surface area contributed by atoms with Crippen LogP contribution in [0.15, 0.2) is 37.0 Å². The van der Waals surface area contributed by atoms with E-state index in [9.17, 15) is 14.4 Å². The quantitative estimate of drug-likeness (QED) is 0.322. The standard InChI is InChI=1S/C24H24N8O4/c1-14-4-5-17(25-10-14)23(34)30-6-8-31(9-7-30)24(35)21(33)16-11-26-20-19(16)18(36-3)12-27-22(20)32-13-28-15(2)29-32/h4-5,10-13,26H,6-9H2,1-3H3/i2D3,3D3,4D,5D,10D. The number of amides is 2. The van der Waals surface area contributed by atoms with E-state index in [1.165, 1.54) is 22.9 Å². The van der Waals surface area contributed by atoms with Crippen molar-refractivity contribution in [3.63, 3.8) is 0 Å². The number of nitrogens with zero attached hydrogens (tertiary/aromatic N) is 7. The van der Waals surface area contributed by atoms with Crippen molar-refractivity contribution >= 4 is 28.5 Å². The molecule has 1 N–H and O–H groups in total. The summed E-state index contributed by atoms with van der Waals surface area (Å²) in [6.07, 6.45) is 2.96. The molecular weight excluding hydrogens is 464 g/mol. The largest absolute Gasteiger partial charge is 0.494 e. The number of hydrogen-bond acceptors (Lipinski definition) is 8. The molecule has 0 bridgehead atoms. The van der Waals surface area contributed by atoms with Gasteiger partial charge in [-0.1, -0.05) is 6.04 Å². The second-order valence-electron chi connectivity index (χ2n) is 7.87. The molecule has 1 aliphatic heterocycles. The minimum absolute atomic E-state index is 0.0182. The van der Waals surface area contributed by atoms with Crippen LogP contribution in [0.2, 0.25) is 0 Å². The van der Waals surface area contributed by atoms with Crippen molar-refractivity contribution < 1.29 is 31.5 Å². The fourth-order valence-corrected chi connectivity index (χ4v) is 3.87. The number of H-pyrrole nitrogens is 1. The van der Waals surface area contributed by atoms with Crippen molar-refractivity contribution in [3.05, 3.63) is 59.6 Å². The molecule has 0 atom stereocenters. The number of aromatic amines is 1. The molecule has 36 heavy (non-hydrogen) atoms. The van der Waals surface area contributed by atoms with Gasteiger partial charge in [-0.2, -0.15) is 5.10 Å². The van der Waals surface area contributed by atoms with Gasteiger partial charge in [-0.25, -0.2) is 14.6 Å². The average molecular weight is 498 g/mol. The third-order valence-corrected chi connectivity index (χ3v) is 5.67. The highest BCUT2D eigenvalue weighted by Gasteiger charge is 2.31. The molecule has 1 fully saturated rings. The van der Waals surface area contributed by atoms with Gasteiger partial charge in [0.05, 0.1) is 37.9 Å². The second-order valence-corrected chi connectivity index (χ2v) is 7.87. The van der Waals surface area contributed by atoms with E-state index in [0.717, 1.165) is 17.2 Å². The highest BCUT2D eigenvalue weighted by molar-refractivity contribution is 6.45. The minimum atomic E-state index is -2.95. The van der Waals surface area contributed by atoms with Gasteiger partial charge >= 0.3 is 0 Å². The number of hydrogen-bond donors (Lipinski definition) is 1. The first-order valence-electron chi connectivity index (χ1n) is 15.2. The zero-order valence-corrected chi connectivity index (χ0v) is 18.8. The van der Waals surface area contributed by atoms with Crippen LogP contribution < -0.4 is 4.74 Å². The second kappa shape index (κ2) is 9.21. The van der Waals surface area contributed by atoms with Crippen molar-refractivity contribution in [3.8, 4) is 11.6 Å². The Morgan fingerprint density at radius 1 is 1.11 bits per heavy atom. The Balaban J connectivity index is 1.41. The van der Waals surface area contributed by atoms with Crippen molar-refractivity contribution in [1.29, 1.82) is 0 Å². The van der Waals surface area contributed by atoms with Crippen molar-refractivity contribution in [2.75, 3.05) is 33.2 Å². The van der Waals surface area contributed by atoms with E-state index in [1.54, 1.807) is 0 Å². The molecule has 12 heteroatoms. The first-order valence-corrected chi connectivity index (χ1v) is 10.7. The lowest BCUT2D eigenvalue weighted by Crippen LogP contribution is -2.52. The summed E-state index contributed by atoms with van der Waals surface area (Å²) < 4.78 is 75.1. The number of fused-ring (bicyclic) bond motifs is 1. The van der Waals surface area contributed by atoms with E-state index >= 15 is 0 Å². The van der Waals surface area contributed by atoms with Gasteiger partial charge in [0.25, 0.3) is 17.6 Å². The maximum absolute atomic E-state index is 13.5. The first kappa shape index (κ1) is 14.7. The molecule has 2 amide bonds. The van der Waals surface area contributed by atoms with Crippen LogP contribution in [0.25, 0.3) is 16.7 Å². The zero-order valence-electron chi connectivity index (χ0n) is 27.8. The zero-order chi connectivity index (χ0) is 33.0. The fourth-order valence-electron chi connectivity index (χ4n) is 3.87. The highest BCUT2D eigenvalue weighted by atomic mass is 16.5. The summed E-state index contributed by atoms with van der Waals surface area (Å²) in [5.41, 5.74) is -0.416. The Labute approximate surface area is 218 Å². The molecule has 0 unspecified atom stereocenters. The molecule has 0 radical (unpaired) electrons. The number of piperazine rings is 1. The number of methoxy groups -OCH3 is 1. The summed E-state index contributed by atoms with van der Waals surface area (Å²) in [6, 6.07) is -0.691. The van der Waals surface area contributed by atoms with Gasteiger partial charge in [0.2, 0.25) is 0 Å². The number of nitrogens with one attached hydrogen (secondary N) is 1. The topological polar surface area (TPSA) is 139 Å². The third kappa shape index (κ3) is 4.06.